The van der Waals surface area contributed by atoms with E-state index in [-0.39, 0.29) is 5.91 Å². The molecule has 2 aromatic rings. The maximum atomic E-state index is 12.5. The zero-order valence-electron chi connectivity index (χ0n) is 25.8. The fraction of sp³-hybridized carbons (Fsp3) is 0.583. The first-order valence-electron chi connectivity index (χ1n) is 16.3. The fourth-order valence-electron chi connectivity index (χ4n) is 5.41. The molecule has 0 spiro atoms. The van der Waals surface area contributed by atoms with Crippen molar-refractivity contribution in [1.82, 2.24) is 4.90 Å². The van der Waals surface area contributed by atoms with Crippen molar-refractivity contribution >= 4 is 23.4 Å². The Morgan fingerprint density at radius 1 is 0.829 bits per heavy atom. The van der Waals surface area contributed by atoms with Gasteiger partial charge in [-0.25, -0.2) is 0 Å². The van der Waals surface area contributed by atoms with Crippen LogP contribution in [0, 0.1) is 0 Å². The number of amides is 1. The van der Waals surface area contributed by atoms with Gasteiger partial charge in [-0.15, -0.1) is 11.8 Å². The summed E-state index contributed by atoms with van der Waals surface area (Å²) in [4.78, 5) is 16.6. The molecule has 0 fully saturated rings. The summed E-state index contributed by atoms with van der Waals surface area (Å²) in [6.45, 7) is 6.26. The predicted molar refractivity (Wildman–Crippen MR) is 178 cm³/mol. The number of nitrogens with zero attached hydrogens (tertiary/aromatic N) is 2. The minimum absolute atomic E-state index is 0.0758. The highest BCUT2D eigenvalue weighted by Gasteiger charge is 2.13. The monoisotopic (exact) mass is 578 g/mol. The van der Waals surface area contributed by atoms with Gasteiger partial charge in [0.15, 0.2) is 0 Å². The molecule has 41 heavy (non-hydrogen) atoms. The first-order valence-corrected chi connectivity index (χ1v) is 17.3. The topological polar surface area (TPSA) is 32.8 Å². The third kappa shape index (κ3) is 13.9. The number of ether oxygens (including phenoxy) is 1. The molecule has 0 aliphatic carbocycles. The van der Waals surface area contributed by atoms with Gasteiger partial charge >= 0.3 is 0 Å². The molecule has 0 atom stereocenters. The van der Waals surface area contributed by atoms with Crippen LogP contribution in [-0.2, 0) is 17.8 Å². The smallest absolute Gasteiger partial charge is 0.223 e. The number of benzene rings is 2. The summed E-state index contributed by atoms with van der Waals surface area (Å²) in [6, 6.07) is 16.8. The highest BCUT2D eigenvalue weighted by molar-refractivity contribution is 8.02. The van der Waals surface area contributed by atoms with Crippen LogP contribution < -0.4 is 9.64 Å². The Balaban J connectivity index is 1.25. The van der Waals surface area contributed by atoms with Crippen molar-refractivity contribution in [1.29, 1.82) is 0 Å². The lowest BCUT2D eigenvalue weighted by atomic mass is 10.0. The Morgan fingerprint density at radius 3 is 2.05 bits per heavy atom. The summed E-state index contributed by atoms with van der Waals surface area (Å²) in [6.07, 6.45) is 22.1. The van der Waals surface area contributed by atoms with Crippen molar-refractivity contribution < 1.29 is 9.53 Å². The molecule has 0 bridgehead atoms. The predicted octanol–water partition coefficient (Wildman–Crippen LogP) is 10.1. The maximum Gasteiger partial charge on any atom is 0.223 e. The van der Waals surface area contributed by atoms with Crippen molar-refractivity contribution in [3.63, 3.8) is 0 Å². The number of carbonyl (C=O) groups excluding carboxylic acids is 1. The molecule has 4 nitrogen and oxygen atoms in total. The Hall–Kier alpha value is -2.40. The van der Waals surface area contributed by atoms with E-state index in [1.165, 1.54) is 94.6 Å². The van der Waals surface area contributed by atoms with Crippen LogP contribution in [0.25, 0.3) is 0 Å². The molecule has 0 aromatic heterocycles. The highest BCUT2D eigenvalue weighted by Crippen LogP contribution is 2.22. The first-order chi connectivity index (χ1) is 20.2. The van der Waals surface area contributed by atoms with Crippen molar-refractivity contribution in [2.24, 2.45) is 0 Å². The maximum absolute atomic E-state index is 12.5. The Kier molecular flexibility index (Phi) is 16.5. The fourth-order valence-corrected chi connectivity index (χ4v) is 6.13. The number of thioether (sulfide) groups is 1. The number of anilines is 1. The van der Waals surface area contributed by atoms with Crippen LogP contribution in [0.2, 0.25) is 0 Å². The zero-order valence-corrected chi connectivity index (χ0v) is 26.6. The molecule has 2 aromatic carbocycles. The van der Waals surface area contributed by atoms with E-state index >= 15 is 0 Å². The molecule has 1 amide bonds. The minimum Gasteiger partial charge on any atom is -0.494 e. The Labute approximate surface area is 254 Å². The second-order valence-electron chi connectivity index (χ2n) is 11.5. The summed E-state index contributed by atoms with van der Waals surface area (Å²) in [7, 11) is 0. The van der Waals surface area contributed by atoms with Crippen LogP contribution in [0.4, 0.5) is 5.69 Å². The van der Waals surface area contributed by atoms with Gasteiger partial charge < -0.3 is 14.5 Å². The average Bonchev–Trinajstić information content (AvgIpc) is 3.49. The number of unbranched alkanes of at least 4 members (excludes halogenated alkanes) is 13. The van der Waals surface area contributed by atoms with Crippen LogP contribution in [0.5, 0.6) is 5.75 Å². The molecule has 1 heterocycles. The third-order valence-electron chi connectivity index (χ3n) is 7.91. The molecule has 0 N–H and O–H groups in total. The number of hydrogen-bond donors (Lipinski definition) is 0. The summed E-state index contributed by atoms with van der Waals surface area (Å²) in [5.74, 6) is 2.00. The van der Waals surface area contributed by atoms with E-state index in [0.29, 0.717) is 6.54 Å². The second-order valence-corrected chi connectivity index (χ2v) is 12.4. The van der Waals surface area contributed by atoms with E-state index in [0.717, 1.165) is 43.3 Å². The minimum atomic E-state index is 0.0758. The molecule has 0 radical (unpaired) electrons. The van der Waals surface area contributed by atoms with Crippen molar-refractivity contribution in [2.75, 3.05) is 23.9 Å². The van der Waals surface area contributed by atoms with E-state index in [1.807, 2.05) is 22.7 Å². The largest absolute Gasteiger partial charge is 0.494 e. The van der Waals surface area contributed by atoms with Gasteiger partial charge in [-0.1, -0.05) is 115 Å². The van der Waals surface area contributed by atoms with Gasteiger partial charge in [0, 0.05) is 31.9 Å². The Bertz CT molecular complexity index is 1010. The molecular weight excluding hydrogens is 524 g/mol. The standard InChI is InChI=1S/C36H54N2O2S/c1-3-4-5-6-7-8-9-10-11-12-13-14-15-16-27-40-36-22-20-33(21-23-36)24-25-38(32(2)39)35-19-17-18-34(29-35)30-37-26-28-41-31-37/h17-23,26,28-29H,3-16,24-25,27,30-31H2,1-2H3. The first kappa shape index (κ1) is 33.1. The lowest BCUT2D eigenvalue weighted by molar-refractivity contribution is -0.116. The van der Waals surface area contributed by atoms with Crippen molar-refractivity contribution in [2.45, 2.75) is 117 Å². The molecule has 0 unspecified atom stereocenters. The summed E-state index contributed by atoms with van der Waals surface area (Å²) < 4.78 is 5.99. The highest BCUT2D eigenvalue weighted by atomic mass is 32.2. The van der Waals surface area contributed by atoms with Crippen LogP contribution in [-0.4, -0.2) is 29.8 Å². The molecule has 0 saturated carbocycles. The Morgan fingerprint density at radius 2 is 1.46 bits per heavy atom. The van der Waals surface area contributed by atoms with Gasteiger partial charge in [-0.3, -0.25) is 4.79 Å². The van der Waals surface area contributed by atoms with Crippen LogP contribution in [0.3, 0.4) is 0 Å². The SMILES string of the molecule is CCCCCCCCCCCCCCCCOc1ccc(CCN(C(C)=O)c2cccc(CN3C=CSC3)c2)cc1. The second kappa shape index (κ2) is 20.5. The molecular formula is C36H54N2O2S. The summed E-state index contributed by atoms with van der Waals surface area (Å²) >= 11 is 1.81. The van der Waals surface area contributed by atoms with Gasteiger partial charge in [0.2, 0.25) is 5.91 Å². The lowest BCUT2D eigenvalue weighted by Crippen LogP contribution is -2.30. The van der Waals surface area contributed by atoms with E-state index < -0.39 is 0 Å². The lowest BCUT2D eigenvalue weighted by Gasteiger charge is -2.23. The number of rotatable bonds is 22. The van der Waals surface area contributed by atoms with E-state index in [4.69, 9.17) is 4.74 Å². The molecule has 1 aliphatic heterocycles. The quantitative estimate of drug-likeness (QED) is 0.130. The van der Waals surface area contributed by atoms with Gasteiger partial charge in [-0.05, 0) is 53.6 Å². The summed E-state index contributed by atoms with van der Waals surface area (Å²) in [5.41, 5.74) is 3.41. The van der Waals surface area contributed by atoms with E-state index in [2.05, 4.69) is 65.9 Å². The number of hydrogen-bond acceptors (Lipinski definition) is 4. The average molecular weight is 579 g/mol. The normalized spacial score (nSPS) is 12.7. The molecule has 5 heteroatoms. The van der Waals surface area contributed by atoms with Gasteiger partial charge in [0.1, 0.15) is 5.75 Å². The van der Waals surface area contributed by atoms with Gasteiger partial charge in [-0.2, -0.15) is 0 Å². The van der Waals surface area contributed by atoms with Crippen LogP contribution >= 0.6 is 11.8 Å². The molecule has 0 saturated heterocycles. The van der Waals surface area contributed by atoms with E-state index in [1.54, 1.807) is 6.92 Å². The van der Waals surface area contributed by atoms with Gasteiger partial charge in [0.25, 0.3) is 0 Å². The van der Waals surface area contributed by atoms with Crippen molar-refractivity contribution in [3.05, 3.63) is 71.3 Å². The van der Waals surface area contributed by atoms with Crippen molar-refractivity contribution in [3.8, 4) is 5.75 Å². The third-order valence-corrected chi connectivity index (χ3v) is 8.71. The summed E-state index contributed by atoms with van der Waals surface area (Å²) in [5, 5.41) is 2.13. The van der Waals surface area contributed by atoms with Crippen LogP contribution in [0.1, 0.15) is 115 Å². The van der Waals surface area contributed by atoms with Gasteiger partial charge in [0.05, 0.1) is 12.5 Å². The number of carbonyl (C=O) groups is 1. The molecule has 3 rings (SSSR count). The molecule has 1 aliphatic rings. The van der Waals surface area contributed by atoms with Crippen LogP contribution in [0.15, 0.2) is 60.1 Å². The molecule has 226 valence electrons. The van der Waals surface area contributed by atoms with E-state index in [9.17, 15) is 4.79 Å². The zero-order chi connectivity index (χ0) is 29.0.